The van der Waals surface area contributed by atoms with Crippen molar-refractivity contribution in [2.45, 2.75) is 39.7 Å². The molecule has 1 N–H and O–H groups in total. The number of aromatic nitrogens is 2. The Kier molecular flexibility index (Phi) is 3.94. The maximum atomic E-state index is 5.79. The van der Waals surface area contributed by atoms with Crippen LogP contribution in [0.1, 0.15) is 44.3 Å². The first-order chi connectivity index (χ1) is 8.24. The van der Waals surface area contributed by atoms with Crippen LogP contribution in [0.2, 0.25) is 0 Å². The largest absolute Gasteiger partial charge is 0.370 e. The molecule has 17 heavy (non-hydrogen) atoms. The first kappa shape index (κ1) is 12.3. The summed E-state index contributed by atoms with van der Waals surface area (Å²) in [6, 6.07) is 1.98. The van der Waals surface area contributed by atoms with Crippen LogP contribution in [-0.2, 0) is 4.74 Å². The van der Waals surface area contributed by atoms with E-state index in [1.807, 2.05) is 19.9 Å². The summed E-state index contributed by atoms with van der Waals surface area (Å²) in [4.78, 5) is 9.08. The van der Waals surface area contributed by atoms with Gasteiger partial charge in [0, 0.05) is 24.9 Å². The summed E-state index contributed by atoms with van der Waals surface area (Å²) in [5.41, 5.74) is 0.997. The molecule has 1 aliphatic carbocycles. The van der Waals surface area contributed by atoms with Crippen molar-refractivity contribution in [2.75, 3.05) is 18.5 Å². The van der Waals surface area contributed by atoms with Gasteiger partial charge in [-0.2, -0.15) is 0 Å². The van der Waals surface area contributed by atoms with Crippen molar-refractivity contribution >= 4 is 5.82 Å². The molecule has 4 heteroatoms. The highest BCUT2D eigenvalue weighted by atomic mass is 16.5. The lowest BCUT2D eigenvalue weighted by Gasteiger charge is -2.16. The van der Waals surface area contributed by atoms with Gasteiger partial charge < -0.3 is 10.1 Å². The van der Waals surface area contributed by atoms with E-state index in [9.17, 15) is 0 Å². The highest BCUT2D eigenvalue weighted by Crippen LogP contribution is 2.42. The van der Waals surface area contributed by atoms with Crippen LogP contribution in [0.5, 0.6) is 0 Å². The van der Waals surface area contributed by atoms with E-state index < -0.39 is 0 Å². The summed E-state index contributed by atoms with van der Waals surface area (Å²) in [6.45, 7) is 7.68. The molecule has 1 heterocycles. The Balaban J connectivity index is 2.22. The van der Waals surface area contributed by atoms with Crippen molar-refractivity contribution in [3.63, 3.8) is 0 Å². The minimum Gasteiger partial charge on any atom is -0.370 e. The zero-order chi connectivity index (χ0) is 12.3. The van der Waals surface area contributed by atoms with Crippen molar-refractivity contribution in [3.8, 4) is 0 Å². The highest BCUT2D eigenvalue weighted by Gasteiger charge is 2.35. The molecular formula is C13H21N3O. The fourth-order valence-corrected chi connectivity index (χ4v) is 1.99. The summed E-state index contributed by atoms with van der Waals surface area (Å²) in [6.07, 6.45) is 2.55. The molecule has 1 aliphatic rings. The molecule has 0 bridgehead atoms. The Morgan fingerprint density at radius 1 is 1.41 bits per heavy atom. The summed E-state index contributed by atoms with van der Waals surface area (Å²) in [7, 11) is 0. The maximum absolute atomic E-state index is 5.79. The van der Waals surface area contributed by atoms with Gasteiger partial charge in [0.15, 0.2) is 5.82 Å². The molecule has 0 saturated heterocycles. The zero-order valence-corrected chi connectivity index (χ0v) is 10.9. The number of anilines is 1. The molecule has 2 rings (SSSR count). The Morgan fingerprint density at radius 2 is 2.18 bits per heavy atom. The van der Waals surface area contributed by atoms with E-state index in [2.05, 4.69) is 22.2 Å². The molecule has 1 aromatic heterocycles. The van der Waals surface area contributed by atoms with Crippen LogP contribution in [0.15, 0.2) is 6.07 Å². The number of rotatable bonds is 6. The smallest absolute Gasteiger partial charge is 0.160 e. The van der Waals surface area contributed by atoms with Crippen LogP contribution in [-0.4, -0.2) is 23.1 Å². The van der Waals surface area contributed by atoms with Gasteiger partial charge in [-0.05, 0) is 39.5 Å². The van der Waals surface area contributed by atoms with E-state index >= 15 is 0 Å². The topological polar surface area (TPSA) is 47.0 Å². The van der Waals surface area contributed by atoms with Crippen LogP contribution in [0, 0.1) is 12.8 Å². The van der Waals surface area contributed by atoms with Crippen LogP contribution < -0.4 is 5.32 Å². The predicted molar refractivity (Wildman–Crippen MR) is 68.0 cm³/mol. The molecule has 1 aromatic rings. The Morgan fingerprint density at radius 3 is 2.76 bits per heavy atom. The van der Waals surface area contributed by atoms with Crippen LogP contribution in [0.4, 0.5) is 5.82 Å². The van der Waals surface area contributed by atoms with Crippen molar-refractivity contribution < 1.29 is 4.74 Å². The molecule has 0 aliphatic heterocycles. The quantitative estimate of drug-likeness (QED) is 0.823. The van der Waals surface area contributed by atoms with E-state index in [1.54, 1.807) is 0 Å². The summed E-state index contributed by atoms with van der Waals surface area (Å²) in [5.74, 6) is 2.36. The first-order valence-electron chi connectivity index (χ1n) is 6.45. The maximum Gasteiger partial charge on any atom is 0.160 e. The first-order valence-corrected chi connectivity index (χ1v) is 6.45. The molecule has 0 spiro atoms. The third-order valence-electron chi connectivity index (χ3n) is 2.88. The third-order valence-corrected chi connectivity index (χ3v) is 2.88. The average Bonchev–Trinajstić information content (AvgIpc) is 3.09. The number of nitrogens with one attached hydrogen (secondary N) is 1. The van der Waals surface area contributed by atoms with Gasteiger partial charge >= 0.3 is 0 Å². The lowest BCUT2D eigenvalue weighted by molar-refractivity contribution is 0.0400. The van der Waals surface area contributed by atoms with Gasteiger partial charge in [0.2, 0.25) is 0 Å². The Hall–Kier alpha value is -1.16. The molecule has 1 atom stereocenters. The molecule has 94 valence electrons. The zero-order valence-electron chi connectivity index (χ0n) is 10.9. The van der Waals surface area contributed by atoms with Gasteiger partial charge in [-0.15, -0.1) is 0 Å². The monoisotopic (exact) mass is 235 g/mol. The standard InChI is InChI=1S/C13H21N3O/c1-4-14-11-8-9(3)15-13(16-11)12(17-5-2)10-6-7-10/h8,10,12H,4-7H2,1-3H3,(H,14,15,16). The molecule has 0 amide bonds. The molecule has 4 nitrogen and oxygen atoms in total. The van der Waals surface area contributed by atoms with E-state index in [1.165, 1.54) is 12.8 Å². The third kappa shape index (κ3) is 3.16. The fourth-order valence-electron chi connectivity index (χ4n) is 1.99. The second-order valence-electron chi connectivity index (χ2n) is 4.50. The highest BCUT2D eigenvalue weighted by molar-refractivity contribution is 5.36. The second-order valence-corrected chi connectivity index (χ2v) is 4.50. The van der Waals surface area contributed by atoms with Crippen LogP contribution in [0.25, 0.3) is 0 Å². The normalized spacial score (nSPS) is 16.9. The van der Waals surface area contributed by atoms with Gasteiger partial charge in [0.05, 0.1) is 0 Å². The van der Waals surface area contributed by atoms with Crippen molar-refractivity contribution in [1.82, 2.24) is 9.97 Å². The van der Waals surface area contributed by atoms with E-state index in [0.29, 0.717) is 5.92 Å². The lowest BCUT2D eigenvalue weighted by atomic mass is 10.2. The summed E-state index contributed by atoms with van der Waals surface area (Å²) < 4.78 is 5.79. The predicted octanol–water partition coefficient (Wildman–Crippen LogP) is 2.70. The van der Waals surface area contributed by atoms with E-state index in [0.717, 1.165) is 30.5 Å². The van der Waals surface area contributed by atoms with Gasteiger partial charge in [-0.25, -0.2) is 9.97 Å². The average molecular weight is 235 g/mol. The number of hydrogen-bond donors (Lipinski definition) is 1. The summed E-state index contributed by atoms with van der Waals surface area (Å²) >= 11 is 0. The van der Waals surface area contributed by atoms with Crippen molar-refractivity contribution in [2.24, 2.45) is 5.92 Å². The van der Waals surface area contributed by atoms with Crippen molar-refractivity contribution in [3.05, 3.63) is 17.6 Å². The second kappa shape index (κ2) is 5.45. The van der Waals surface area contributed by atoms with Gasteiger partial charge in [-0.3, -0.25) is 0 Å². The van der Waals surface area contributed by atoms with Gasteiger partial charge in [0.25, 0.3) is 0 Å². The Labute approximate surface area is 103 Å². The fraction of sp³-hybridized carbons (Fsp3) is 0.692. The molecule has 1 fully saturated rings. The summed E-state index contributed by atoms with van der Waals surface area (Å²) in [5, 5.41) is 3.24. The minimum atomic E-state index is 0.0808. The molecule has 1 saturated carbocycles. The molecule has 0 radical (unpaired) electrons. The van der Waals surface area contributed by atoms with Crippen LogP contribution >= 0.6 is 0 Å². The van der Waals surface area contributed by atoms with E-state index in [-0.39, 0.29) is 6.10 Å². The van der Waals surface area contributed by atoms with E-state index in [4.69, 9.17) is 4.74 Å². The van der Waals surface area contributed by atoms with Gasteiger partial charge in [0.1, 0.15) is 11.9 Å². The number of aryl methyl sites for hydroxylation is 1. The molecular weight excluding hydrogens is 214 g/mol. The van der Waals surface area contributed by atoms with Crippen molar-refractivity contribution in [1.29, 1.82) is 0 Å². The van der Waals surface area contributed by atoms with Gasteiger partial charge in [-0.1, -0.05) is 0 Å². The SMILES string of the molecule is CCNc1cc(C)nc(C(OCC)C2CC2)n1. The lowest BCUT2D eigenvalue weighted by Crippen LogP contribution is -2.13. The minimum absolute atomic E-state index is 0.0808. The Bertz CT molecular complexity index is 377. The molecule has 1 unspecified atom stereocenters. The number of hydrogen-bond acceptors (Lipinski definition) is 4. The molecule has 0 aromatic carbocycles. The van der Waals surface area contributed by atoms with Crippen LogP contribution in [0.3, 0.4) is 0 Å². The number of nitrogens with zero attached hydrogens (tertiary/aromatic N) is 2. The number of ether oxygens (including phenoxy) is 1.